The molecule has 0 aliphatic carbocycles. The average Bonchev–Trinajstić information content (AvgIpc) is 3.40. The number of aromatic carboxylic acids is 1. The average molecular weight is 558 g/mol. The third kappa shape index (κ3) is 4.73. The zero-order valence-corrected chi connectivity index (χ0v) is 23.5. The molecule has 0 atom stereocenters. The Morgan fingerprint density at radius 1 is 1.12 bits per heavy atom. The molecular formula is C32H32ClN3O4. The van der Waals surface area contributed by atoms with E-state index < -0.39 is 5.97 Å². The van der Waals surface area contributed by atoms with Gasteiger partial charge >= 0.3 is 5.97 Å². The second-order valence-electron chi connectivity index (χ2n) is 10.3. The lowest BCUT2D eigenvalue weighted by molar-refractivity contribution is 0.0683. The summed E-state index contributed by atoms with van der Waals surface area (Å²) in [7, 11) is 1.94. The van der Waals surface area contributed by atoms with E-state index in [1.807, 2.05) is 64.8 Å². The first-order valence-electron chi connectivity index (χ1n) is 13.7. The predicted octanol–water partition coefficient (Wildman–Crippen LogP) is 7.18. The van der Waals surface area contributed by atoms with Crippen LogP contribution in [-0.2, 0) is 31.4 Å². The summed E-state index contributed by atoms with van der Waals surface area (Å²) in [5.74, 6) is -0.105. The van der Waals surface area contributed by atoms with Crippen LogP contribution in [0.15, 0.2) is 54.6 Å². The first-order chi connectivity index (χ1) is 19.4. The number of carbonyl (C=O) groups is 1. The molecule has 0 unspecified atom stereocenters. The van der Waals surface area contributed by atoms with Gasteiger partial charge in [-0.2, -0.15) is 5.10 Å². The molecule has 3 heterocycles. The summed E-state index contributed by atoms with van der Waals surface area (Å²) in [5, 5.41) is 18.9. The number of nitrogens with zero attached hydrogens (tertiary/aromatic N) is 3. The molecule has 0 saturated heterocycles. The van der Waals surface area contributed by atoms with E-state index in [0.29, 0.717) is 49.9 Å². The van der Waals surface area contributed by atoms with Crippen LogP contribution in [0, 0.1) is 6.92 Å². The van der Waals surface area contributed by atoms with Crippen LogP contribution >= 0.6 is 11.6 Å². The van der Waals surface area contributed by atoms with Crippen LogP contribution in [0.4, 0.5) is 0 Å². The Kier molecular flexibility index (Phi) is 7.26. The molecule has 8 heteroatoms. The Bertz CT molecular complexity index is 1740. The molecule has 5 aromatic rings. The predicted molar refractivity (Wildman–Crippen MR) is 158 cm³/mol. The van der Waals surface area contributed by atoms with Crippen LogP contribution in [0.1, 0.15) is 46.7 Å². The molecular weight excluding hydrogens is 526 g/mol. The molecule has 0 amide bonds. The Morgan fingerprint density at radius 2 is 1.98 bits per heavy atom. The molecule has 1 aliphatic heterocycles. The van der Waals surface area contributed by atoms with Crippen molar-refractivity contribution < 1.29 is 19.4 Å². The Balaban J connectivity index is 1.38. The van der Waals surface area contributed by atoms with E-state index in [-0.39, 0.29) is 0 Å². The zero-order chi connectivity index (χ0) is 27.8. The van der Waals surface area contributed by atoms with Gasteiger partial charge in [0.05, 0.1) is 24.4 Å². The SMILES string of the molecule is Cc1c2c(nn1C)COCCCCn1c(C(=O)O)c(CCCOc3cccc4cc(Cl)ccc34)c3cccc-2c31. The summed E-state index contributed by atoms with van der Waals surface area (Å²) in [4.78, 5) is 12.8. The molecule has 7 nitrogen and oxygen atoms in total. The minimum atomic E-state index is -0.904. The second-order valence-corrected chi connectivity index (χ2v) is 10.8. The van der Waals surface area contributed by atoms with Crippen molar-refractivity contribution in [1.82, 2.24) is 14.3 Å². The van der Waals surface area contributed by atoms with Crippen molar-refractivity contribution in [2.45, 2.75) is 45.8 Å². The summed E-state index contributed by atoms with van der Waals surface area (Å²) in [6.45, 7) is 4.18. The molecule has 2 aromatic heterocycles. The lowest BCUT2D eigenvalue weighted by Crippen LogP contribution is -2.12. The Labute approximate surface area is 237 Å². The van der Waals surface area contributed by atoms with Gasteiger partial charge in [0.15, 0.2) is 0 Å². The highest BCUT2D eigenvalue weighted by molar-refractivity contribution is 6.31. The van der Waals surface area contributed by atoms with Crippen molar-refractivity contribution in [3.05, 3.63) is 82.3 Å². The number of fused-ring (bicyclic) bond motifs is 3. The van der Waals surface area contributed by atoms with Gasteiger partial charge in [0.1, 0.15) is 11.4 Å². The molecule has 0 bridgehead atoms. The summed E-state index contributed by atoms with van der Waals surface area (Å²) < 4.78 is 16.0. The fourth-order valence-corrected chi connectivity index (χ4v) is 6.14. The van der Waals surface area contributed by atoms with Gasteiger partial charge in [0.2, 0.25) is 0 Å². The van der Waals surface area contributed by atoms with Crippen molar-refractivity contribution in [1.29, 1.82) is 0 Å². The van der Waals surface area contributed by atoms with Crippen molar-refractivity contribution >= 4 is 39.2 Å². The first kappa shape index (κ1) is 26.4. The number of hydrogen-bond donors (Lipinski definition) is 1. The maximum atomic E-state index is 12.8. The van der Waals surface area contributed by atoms with Gasteiger partial charge in [-0.3, -0.25) is 4.68 Å². The number of hydrogen-bond acceptors (Lipinski definition) is 4. The number of para-hydroxylation sites is 1. The van der Waals surface area contributed by atoms with Gasteiger partial charge in [-0.05, 0) is 67.8 Å². The molecule has 0 saturated carbocycles. The van der Waals surface area contributed by atoms with Gasteiger partial charge in [0, 0.05) is 52.8 Å². The van der Waals surface area contributed by atoms with Gasteiger partial charge in [-0.15, -0.1) is 0 Å². The van der Waals surface area contributed by atoms with E-state index in [1.54, 1.807) is 0 Å². The van der Waals surface area contributed by atoms with E-state index in [9.17, 15) is 9.90 Å². The Morgan fingerprint density at radius 3 is 2.83 bits per heavy atom. The van der Waals surface area contributed by atoms with Crippen molar-refractivity contribution in [3.63, 3.8) is 0 Å². The second kappa shape index (κ2) is 11.0. The van der Waals surface area contributed by atoms with Crippen LogP contribution in [0.2, 0.25) is 5.02 Å². The van der Waals surface area contributed by atoms with Crippen LogP contribution in [0.3, 0.4) is 0 Å². The van der Waals surface area contributed by atoms with Crippen LogP contribution < -0.4 is 4.74 Å². The van der Waals surface area contributed by atoms with E-state index in [2.05, 4.69) is 13.0 Å². The number of halogens is 1. The summed E-state index contributed by atoms with van der Waals surface area (Å²) in [6.07, 6.45) is 2.95. The minimum absolute atomic E-state index is 0.366. The summed E-state index contributed by atoms with van der Waals surface area (Å²) >= 11 is 6.17. The maximum Gasteiger partial charge on any atom is 0.352 e. The first-order valence-corrected chi connectivity index (χ1v) is 14.1. The van der Waals surface area contributed by atoms with Gasteiger partial charge in [0.25, 0.3) is 0 Å². The molecule has 206 valence electrons. The number of carboxylic acid groups (broad SMARTS) is 1. The molecule has 40 heavy (non-hydrogen) atoms. The van der Waals surface area contributed by atoms with Crippen molar-refractivity contribution in [2.24, 2.45) is 7.05 Å². The van der Waals surface area contributed by atoms with Crippen molar-refractivity contribution in [2.75, 3.05) is 13.2 Å². The number of aryl methyl sites for hydroxylation is 3. The van der Waals surface area contributed by atoms with E-state index in [1.165, 1.54) is 0 Å². The monoisotopic (exact) mass is 557 g/mol. The Hall–Kier alpha value is -3.81. The summed E-state index contributed by atoms with van der Waals surface area (Å²) in [5.41, 5.74) is 6.12. The quantitative estimate of drug-likeness (QED) is 0.224. The smallest absolute Gasteiger partial charge is 0.352 e. The van der Waals surface area contributed by atoms with Crippen LogP contribution in [-0.4, -0.2) is 38.6 Å². The third-order valence-electron chi connectivity index (χ3n) is 7.86. The van der Waals surface area contributed by atoms with E-state index in [4.69, 9.17) is 26.2 Å². The lowest BCUT2D eigenvalue weighted by Gasteiger charge is -2.12. The molecule has 3 aromatic carbocycles. The number of aromatic nitrogens is 3. The van der Waals surface area contributed by atoms with Gasteiger partial charge < -0.3 is 19.1 Å². The molecule has 1 N–H and O–H groups in total. The highest BCUT2D eigenvalue weighted by Crippen LogP contribution is 2.39. The van der Waals surface area contributed by atoms with Crippen LogP contribution in [0.5, 0.6) is 5.75 Å². The number of ether oxygens (including phenoxy) is 2. The van der Waals surface area contributed by atoms with Gasteiger partial charge in [-0.1, -0.05) is 41.9 Å². The fraction of sp³-hybridized carbons (Fsp3) is 0.312. The maximum absolute atomic E-state index is 12.8. The molecule has 0 spiro atoms. The normalized spacial score (nSPS) is 13.8. The highest BCUT2D eigenvalue weighted by Gasteiger charge is 2.27. The minimum Gasteiger partial charge on any atom is -0.493 e. The molecule has 0 radical (unpaired) electrons. The molecule has 0 fully saturated rings. The van der Waals surface area contributed by atoms with Gasteiger partial charge in [-0.25, -0.2) is 4.79 Å². The number of carboxylic acids is 1. The number of benzene rings is 3. The van der Waals surface area contributed by atoms with E-state index in [0.717, 1.165) is 68.3 Å². The lowest BCUT2D eigenvalue weighted by atomic mass is 9.98. The summed E-state index contributed by atoms with van der Waals surface area (Å²) in [6, 6.07) is 17.8. The largest absolute Gasteiger partial charge is 0.493 e. The molecule has 6 rings (SSSR count). The molecule has 1 aliphatic rings. The standard InChI is InChI=1S/C32H32ClN3O4/c1-20-29-26-10-6-9-24-25(11-7-17-40-28-12-5-8-21-18-22(33)13-14-23(21)28)31(32(37)38)36(30(24)26)15-3-4-16-39-19-27(29)34-35(20)2/h5-6,8-10,12-14,18H,3-4,7,11,15-17,19H2,1-2H3,(H,37,38). The van der Waals surface area contributed by atoms with Crippen LogP contribution in [0.25, 0.3) is 32.8 Å². The van der Waals surface area contributed by atoms with Crippen molar-refractivity contribution in [3.8, 4) is 16.9 Å². The fourth-order valence-electron chi connectivity index (χ4n) is 5.96. The number of rotatable bonds is 6. The zero-order valence-electron chi connectivity index (χ0n) is 22.7. The van der Waals surface area contributed by atoms with E-state index >= 15 is 0 Å². The third-order valence-corrected chi connectivity index (χ3v) is 8.09. The topological polar surface area (TPSA) is 78.5 Å². The highest BCUT2D eigenvalue weighted by atomic mass is 35.5.